The molecule has 114 valence electrons. The van der Waals surface area contributed by atoms with Crippen LogP contribution in [0.3, 0.4) is 0 Å². The summed E-state index contributed by atoms with van der Waals surface area (Å²) >= 11 is 0. The molecule has 1 atom stereocenters. The fraction of sp³-hybridized carbons (Fsp3) is 0.562. The summed E-state index contributed by atoms with van der Waals surface area (Å²) in [7, 11) is 0. The molecule has 1 saturated heterocycles. The molecule has 0 spiro atoms. The molecule has 1 aromatic heterocycles. The molecule has 0 radical (unpaired) electrons. The number of nitrogens with zero attached hydrogens (tertiary/aromatic N) is 3. The maximum absolute atomic E-state index is 13.4. The van der Waals surface area contributed by atoms with Gasteiger partial charge in [0, 0.05) is 25.7 Å². The standard InChI is InChI=1S/C16H23FN4/c1-12-3-2-7-20(10-12)11-16-19-14-9-13(17)4-5-15(14)21(16)8-6-18/h4-5,9,12H,2-3,6-8,10-11,18H2,1H3. The van der Waals surface area contributed by atoms with Crippen molar-refractivity contribution in [2.24, 2.45) is 11.7 Å². The third kappa shape index (κ3) is 3.09. The van der Waals surface area contributed by atoms with E-state index in [1.807, 2.05) is 0 Å². The Bertz CT molecular complexity index is 622. The summed E-state index contributed by atoms with van der Waals surface area (Å²) < 4.78 is 15.5. The highest BCUT2D eigenvalue weighted by atomic mass is 19.1. The number of nitrogens with two attached hydrogens (primary N) is 1. The van der Waals surface area contributed by atoms with Crippen molar-refractivity contribution in [3.63, 3.8) is 0 Å². The molecule has 1 aromatic carbocycles. The SMILES string of the molecule is CC1CCCN(Cc2nc3cc(F)ccc3n2CCN)C1. The minimum atomic E-state index is -0.238. The zero-order chi connectivity index (χ0) is 14.8. The summed E-state index contributed by atoms with van der Waals surface area (Å²) in [6.07, 6.45) is 2.55. The minimum Gasteiger partial charge on any atom is -0.329 e. The highest BCUT2D eigenvalue weighted by Gasteiger charge is 2.19. The first-order chi connectivity index (χ1) is 10.2. The second-order valence-electron chi connectivity index (χ2n) is 6.08. The summed E-state index contributed by atoms with van der Waals surface area (Å²) in [4.78, 5) is 7.08. The lowest BCUT2D eigenvalue weighted by Gasteiger charge is -2.30. The van der Waals surface area contributed by atoms with Gasteiger partial charge in [0.15, 0.2) is 0 Å². The van der Waals surface area contributed by atoms with E-state index in [2.05, 4.69) is 21.4 Å². The van der Waals surface area contributed by atoms with Crippen molar-refractivity contribution in [2.75, 3.05) is 19.6 Å². The molecule has 0 amide bonds. The fourth-order valence-electron chi connectivity index (χ4n) is 3.28. The fourth-order valence-corrected chi connectivity index (χ4v) is 3.28. The molecule has 2 heterocycles. The van der Waals surface area contributed by atoms with Crippen LogP contribution in [0, 0.1) is 11.7 Å². The Morgan fingerprint density at radius 1 is 1.43 bits per heavy atom. The number of likely N-dealkylation sites (tertiary alicyclic amines) is 1. The number of rotatable bonds is 4. The van der Waals surface area contributed by atoms with Crippen LogP contribution in [0.1, 0.15) is 25.6 Å². The van der Waals surface area contributed by atoms with Gasteiger partial charge in [0.2, 0.25) is 0 Å². The van der Waals surface area contributed by atoms with Gasteiger partial charge < -0.3 is 10.3 Å². The largest absolute Gasteiger partial charge is 0.329 e. The van der Waals surface area contributed by atoms with Gasteiger partial charge in [0.05, 0.1) is 17.6 Å². The topological polar surface area (TPSA) is 47.1 Å². The third-order valence-electron chi connectivity index (χ3n) is 4.25. The van der Waals surface area contributed by atoms with E-state index < -0.39 is 0 Å². The number of aromatic nitrogens is 2. The van der Waals surface area contributed by atoms with Crippen LogP contribution in [-0.4, -0.2) is 34.1 Å². The lowest BCUT2D eigenvalue weighted by atomic mass is 10.0. The Kier molecular flexibility index (Phi) is 4.22. The van der Waals surface area contributed by atoms with E-state index in [9.17, 15) is 4.39 Å². The van der Waals surface area contributed by atoms with Gasteiger partial charge in [-0.1, -0.05) is 6.92 Å². The second kappa shape index (κ2) is 6.12. The van der Waals surface area contributed by atoms with Gasteiger partial charge in [-0.15, -0.1) is 0 Å². The van der Waals surface area contributed by atoms with Gasteiger partial charge in [-0.05, 0) is 37.4 Å². The number of hydrogen-bond donors (Lipinski definition) is 1. The average molecular weight is 290 g/mol. The van der Waals surface area contributed by atoms with Crippen LogP contribution in [0.4, 0.5) is 4.39 Å². The molecule has 3 rings (SSSR count). The zero-order valence-electron chi connectivity index (χ0n) is 12.6. The predicted octanol–water partition coefficient (Wildman–Crippen LogP) is 2.37. The lowest BCUT2D eigenvalue weighted by Crippen LogP contribution is -2.34. The van der Waals surface area contributed by atoms with Crippen molar-refractivity contribution in [2.45, 2.75) is 32.9 Å². The van der Waals surface area contributed by atoms with Gasteiger partial charge in [-0.3, -0.25) is 4.90 Å². The zero-order valence-corrected chi connectivity index (χ0v) is 12.6. The molecule has 2 aromatic rings. The smallest absolute Gasteiger partial charge is 0.125 e. The molecule has 0 saturated carbocycles. The molecule has 2 N–H and O–H groups in total. The van der Waals surface area contributed by atoms with E-state index in [1.54, 1.807) is 6.07 Å². The Balaban J connectivity index is 1.90. The van der Waals surface area contributed by atoms with Crippen molar-refractivity contribution < 1.29 is 4.39 Å². The van der Waals surface area contributed by atoms with Crippen molar-refractivity contribution in [1.82, 2.24) is 14.5 Å². The number of imidazole rings is 1. The molecule has 1 fully saturated rings. The summed E-state index contributed by atoms with van der Waals surface area (Å²) in [5.74, 6) is 1.50. The molecule has 1 aliphatic heterocycles. The van der Waals surface area contributed by atoms with E-state index in [-0.39, 0.29) is 5.82 Å². The van der Waals surface area contributed by atoms with E-state index in [0.29, 0.717) is 6.54 Å². The average Bonchev–Trinajstić information content (AvgIpc) is 2.76. The first kappa shape index (κ1) is 14.5. The van der Waals surface area contributed by atoms with Crippen LogP contribution in [0.25, 0.3) is 11.0 Å². The monoisotopic (exact) mass is 290 g/mol. The Labute approximate surface area is 124 Å². The quantitative estimate of drug-likeness (QED) is 0.940. The summed E-state index contributed by atoms with van der Waals surface area (Å²) in [6.45, 7) is 6.63. The van der Waals surface area contributed by atoms with Crippen molar-refractivity contribution in [3.05, 3.63) is 29.8 Å². The van der Waals surface area contributed by atoms with E-state index in [0.717, 1.165) is 49.0 Å². The lowest BCUT2D eigenvalue weighted by molar-refractivity contribution is 0.171. The molecule has 1 unspecified atom stereocenters. The Hall–Kier alpha value is -1.46. The molecule has 21 heavy (non-hydrogen) atoms. The number of fused-ring (bicyclic) bond motifs is 1. The molecular formula is C16H23FN4. The first-order valence-corrected chi connectivity index (χ1v) is 7.74. The van der Waals surface area contributed by atoms with Crippen molar-refractivity contribution >= 4 is 11.0 Å². The van der Waals surface area contributed by atoms with Crippen LogP contribution >= 0.6 is 0 Å². The van der Waals surface area contributed by atoms with Crippen molar-refractivity contribution in [3.8, 4) is 0 Å². The molecular weight excluding hydrogens is 267 g/mol. The Morgan fingerprint density at radius 2 is 2.29 bits per heavy atom. The van der Waals surface area contributed by atoms with Crippen LogP contribution in [0.5, 0.6) is 0 Å². The molecule has 5 heteroatoms. The van der Waals surface area contributed by atoms with Crippen LogP contribution in [-0.2, 0) is 13.1 Å². The summed E-state index contributed by atoms with van der Waals surface area (Å²) in [5.41, 5.74) is 7.43. The number of hydrogen-bond acceptors (Lipinski definition) is 3. The highest BCUT2D eigenvalue weighted by Crippen LogP contribution is 2.21. The van der Waals surface area contributed by atoms with Crippen LogP contribution in [0.2, 0.25) is 0 Å². The van der Waals surface area contributed by atoms with E-state index >= 15 is 0 Å². The summed E-state index contributed by atoms with van der Waals surface area (Å²) in [5, 5.41) is 0. The predicted molar refractivity (Wildman–Crippen MR) is 82.4 cm³/mol. The maximum Gasteiger partial charge on any atom is 0.125 e. The maximum atomic E-state index is 13.4. The number of halogens is 1. The number of piperidine rings is 1. The highest BCUT2D eigenvalue weighted by molar-refractivity contribution is 5.76. The summed E-state index contributed by atoms with van der Waals surface area (Å²) in [6, 6.07) is 4.80. The third-order valence-corrected chi connectivity index (χ3v) is 4.25. The molecule has 0 aliphatic carbocycles. The minimum absolute atomic E-state index is 0.238. The van der Waals surface area contributed by atoms with Gasteiger partial charge in [0.1, 0.15) is 11.6 Å². The molecule has 1 aliphatic rings. The van der Waals surface area contributed by atoms with Gasteiger partial charge in [-0.2, -0.15) is 0 Å². The van der Waals surface area contributed by atoms with Gasteiger partial charge in [-0.25, -0.2) is 9.37 Å². The van der Waals surface area contributed by atoms with Crippen molar-refractivity contribution in [1.29, 1.82) is 0 Å². The Morgan fingerprint density at radius 3 is 3.05 bits per heavy atom. The van der Waals surface area contributed by atoms with E-state index in [4.69, 9.17) is 5.73 Å². The van der Waals surface area contributed by atoms with Gasteiger partial charge in [0.25, 0.3) is 0 Å². The molecule has 4 nitrogen and oxygen atoms in total. The first-order valence-electron chi connectivity index (χ1n) is 7.74. The normalized spacial score (nSPS) is 20.2. The van der Waals surface area contributed by atoms with Crippen LogP contribution < -0.4 is 5.73 Å². The molecule has 0 bridgehead atoms. The van der Waals surface area contributed by atoms with Gasteiger partial charge >= 0.3 is 0 Å². The number of benzene rings is 1. The second-order valence-corrected chi connectivity index (χ2v) is 6.08. The van der Waals surface area contributed by atoms with Crippen LogP contribution in [0.15, 0.2) is 18.2 Å². The van der Waals surface area contributed by atoms with E-state index in [1.165, 1.54) is 25.0 Å².